The Kier molecular flexibility index (Phi) is 7.54. The van der Waals surface area contributed by atoms with Crippen molar-refractivity contribution in [1.82, 2.24) is 5.32 Å². The van der Waals surface area contributed by atoms with E-state index in [1.807, 2.05) is 0 Å². The van der Waals surface area contributed by atoms with Crippen LogP contribution in [0.1, 0.15) is 49.4 Å². The number of aliphatic hydroxyl groups excluding tert-OH is 1. The fraction of sp³-hybridized carbons (Fsp3) is 0.556. The molecule has 1 aromatic rings. The van der Waals surface area contributed by atoms with Crippen molar-refractivity contribution < 1.29 is 24.4 Å². The Balaban J connectivity index is 2.06. The number of nitrogens with one attached hydrogen (secondary N) is 2. The fourth-order valence-electron chi connectivity index (χ4n) is 3.00. The second-order valence-corrected chi connectivity index (χ2v) is 6.53. The number of hydrogen-bond acceptors (Lipinski definition) is 7. The number of anilines is 1. The van der Waals surface area contributed by atoms with Crippen LogP contribution in [0.15, 0.2) is 18.2 Å². The smallest absolute Gasteiger partial charge is 0.341 e. The minimum Gasteiger partial charge on any atom is -0.449 e. The molecule has 1 saturated carbocycles. The third-order valence-corrected chi connectivity index (χ3v) is 4.47. The number of esters is 1. The molecule has 1 aliphatic carbocycles. The molecule has 0 saturated heterocycles. The Morgan fingerprint density at radius 3 is 2.67 bits per heavy atom. The largest absolute Gasteiger partial charge is 0.449 e. The van der Waals surface area contributed by atoms with Crippen LogP contribution in [0.5, 0.6) is 0 Å². The molecule has 1 fully saturated rings. The maximum atomic E-state index is 12.5. The number of rotatable bonds is 8. The summed E-state index contributed by atoms with van der Waals surface area (Å²) in [5.41, 5.74) is -0.0367. The number of carbonyl (C=O) groups excluding carboxylic acids is 2. The number of aliphatic hydroxyl groups is 1. The maximum Gasteiger partial charge on any atom is 0.341 e. The van der Waals surface area contributed by atoms with Crippen molar-refractivity contribution in [1.29, 1.82) is 0 Å². The van der Waals surface area contributed by atoms with Crippen molar-refractivity contribution in [2.75, 3.05) is 18.5 Å². The van der Waals surface area contributed by atoms with E-state index >= 15 is 0 Å². The normalized spacial score (nSPS) is 15.6. The molecule has 9 nitrogen and oxygen atoms in total. The molecule has 0 aromatic heterocycles. The van der Waals surface area contributed by atoms with Crippen molar-refractivity contribution in [3.63, 3.8) is 0 Å². The van der Waals surface area contributed by atoms with Crippen LogP contribution in [0.3, 0.4) is 0 Å². The summed E-state index contributed by atoms with van der Waals surface area (Å²) in [4.78, 5) is 35.1. The number of nitrogens with zero attached hydrogens (tertiary/aromatic N) is 1. The summed E-state index contributed by atoms with van der Waals surface area (Å²) in [5.74, 6) is -1.23. The van der Waals surface area contributed by atoms with Gasteiger partial charge in [-0.3, -0.25) is 14.9 Å². The van der Waals surface area contributed by atoms with Crippen LogP contribution in [0.4, 0.5) is 11.4 Å². The molecule has 148 valence electrons. The van der Waals surface area contributed by atoms with Gasteiger partial charge < -0.3 is 20.5 Å². The summed E-state index contributed by atoms with van der Waals surface area (Å²) < 4.78 is 5.22. The number of non-ortho nitro benzene ring substituents is 1. The Morgan fingerprint density at radius 2 is 2.04 bits per heavy atom. The Labute approximate surface area is 157 Å². The average Bonchev–Trinajstić information content (AvgIpc) is 2.66. The highest BCUT2D eigenvalue weighted by atomic mass is 16.6. The molecular weight excluding hydrogens is 354 g/mol. The van der Waals surface area contributed by atoms with E-state index in [0.29, 0.717) is 5.69 Å². The van der Waals surface area contributed by atoms with Gasteiger partial charge in [0.05, 0.1) is 17.1 Å². The first-order valence-electron chi connectivity index (χ1n) is 9.07. The molecule has 1 aromatic carbocycles. The Bertz CT molecular complexity index is 688. The third-order valence-electron chi connectivity index (χ3n) is 4.47. The number of nitro benzene ring substituents is 1. The lowest BCUT2D eigenvalue weighted by Crippen LogP contribution is -2.42. The standard InChI is InChI=1S/C18H25N3O6/c1-12(17(23)20-13-5-3-2-4-6-13)27-18(24)15-11-14(21(25)26)7-8-16(15)19-9-10-22/h7-8,11-13,19,22H,2-6,9-10H2,1H3,(H,20,23). The summed E-state index contributed by atoms with van der Waals surface area (Å²) in [6.45, 7) is 1.45. The fourth-order valence-corrected chi connectivity index (χ4v) is 3.00. The van der Waals surface area contributed by atoms with Crippen LogP contribution in [0.25, 0.3) is 0 Å². The predicted octanol–water partition coefficient (Wildman–Crippen LogP) is 1.99. The van der Waals surface area contributed by atoms with Gasteiger partial charge in [-0.1, -0.05) is 19.3 Å². The molecule has 0 heterocycles. The van der Waals surface area contributed by atoms with E-state index in [-0.39, 0.29) is 36.4 Å². The SMILES string of the molecule is CC(OC(=O)c1cc([N+](=O)[O-])ccc1NCCO)C(=O)NC1CCCCC1. The van der Waals surface area contributed by atoms with Crippen molar-refractivity contribution in [3.8, 4) is 0 Å². The topological polar surface area (TPSA) is 131 Å². The number of hydrogen-bond donors (Lipinski definition) is 3. The summed E-state index contributed by atoms with van der Waals surface area (Å²) in [7, 11) is 0. The van der Waals surface area contributed by atoms with Gasteiger partial charge in [0.25, 0.3) is 11.6 Å². The second kappa shape index (κ2) is 9.86. The molecule has 3 N–H and O–H groups in total. The van der Waals surface area contributed by atoms with Crippen molar-refractivity contribution in [2.45, 2.75) is 51.2 Å². The molecule has 0 bridgehead atoms. The first kappa shape index (κ1) is 20.6. The molecule has 1 unspecified atom stereocenters. The number of ether oxygens (including phenoxy) is 1. The Hall–Kier alpha value is -2.68. The minimum absolute atomic E-state index is 0.0602. The van der Waals surface area contributed by atoms with Gasteiger partial charge >= 0.3 is 5.97 Å². The predicted molar refractivity (Wildman–Crippen MR) is 98.6 cm³/mol. The second-order valence-electron chi connectivity index (χ2n) is 6.53. The van der Waals surface area contributed by atoms with E-state index in [4.69, 9.17) is 9.84 Å². The maximum absolute atomic E-state index is 12.5. The van der Waals surface area contributed by atoms with Crippen molar-refractivity contribution in [2.24, 2.45) is 0 Å². The molecule has 1 aliphatic rings. The zero-order valence-electron chi connectivity index (χ0n) is 15.3. The summed E-state index contributed by atoms with van der Waals surface area (Å²) in [6.07, 6.45) is 4.08. The Morgan fingerprint density at radius 1 is 1.33 bits per heavy atom. The molecule has 0 aliphatic heterocycles. The number of nitro groups is 1. The summed E-state index contributed by atoms with van der Waals surface area (Å²) in [5, 5.41) is 25.6. The molecule has 0 radical (unpaired) electrons. The van der Waals surface area contributed by atoms with Gasteiger partial charge in [-0.2, -0.15) is 0 Å². The van der Waals surface area contributed by atoms with Gasteiger partial charge in [-0.15, -0.1) is 0 Å². The van der Waals surface area contributed by atoms with Crippen molar-refractivity contribution in [3.05, 3.63) is 33.9 Å². The quantitative estimate of drug-likeness (QED) is 0.358. The van der Waals surface area contributed by atoms with E-state index in [9.17, 15) is 19.7 Å². The van der Waals surface area contributed by atoms with Gasteiger partial charge in [0.1, 0.15) is 0 Å². The first-order valence-corrected chi connectivity index (χ1v) is 9.07. The number of benzene rings is 1. The van der Waals surface area contributed by atoms with E-state index in [1.165, 1.54) is 19.1 Å². The van der Waals surface area contributed by atoms with E-state index in [2.05, 4.69) is 10.6 Å². The molecule has 2 rings (SSSR count). The average molecular weight is 379 g/mol. The highest BCUT2D eigenvalue weighted by Gasteiger charge is 2.25. The highest BCUT2D eigenvalue weighted by Crippen LogP contribution is 2.23. The number of amides is 1. The summed E-state index contributed by atoms with van der Waals surface area (Å²) >= 11 is 0. The molecule has 0 spiro atoms. The van der Waals surface area contributed by atoms with E-state index < -0.39 is 17.0 Å². The lowest BCUT2D eigenvalue weighted by molar-refractivity contribution is -0.384. The third kappa shape index (κ3) is 5.92. The van der Waals surface area contributed by atoms with E-state index in [0.717, 1.165) is 38.2 Å². The molecule has 1 amide bonds. The van der Waals surface area contributed by atoms with Crippen LogP contribution in [0.2, 0.25) is 0 Å². The van der Waals surface area contributed by atoms with Crippen LogP contribution in [0, 0.1) is 10.1 Å². The van der Waals surface area contributed by atoms with E-state index in [1.54, 1.807) is 0 Å². The lowest BCUT2D eigenvalue weighted by Gasteiger charge is -2.24. The highest BCUT2D eigenvalue weighted by molar-refractivity contribution is 5.98. The zero-order chi connectivity index (χ0) is 19.8. The first-order chi connectivity index (χ1) is 12.9. The van der Waals surface area contributed by atoms with Crippen molar-refractivity contribution >= 4 is 23.3 Å². The van der Waals surface area contributed by atoms with Crippen LogP contribution in [-0.2, 0) is 9.53 Å². The molecule has 9 heteroatoms. The lowest BCUT2D eigenvalue weighted by atomic mass is 9.95. The number of carbonyl (C=O) groups is 2. The van der Waals surface area contributed by atoms with Gasteiger partial charge in [0.15, 0.2) is 6.10 Å². The zero-order valence-corrected chi connectivity index (χ0v) is 15.3. The van der Waals surface area contributed by atoms with Gasteiger partial charge in [0.2, 0.25) is 0 Å². The van der Waals surface area contributed by atoms with Crippen LogP contribution in [-0.4, -0.2) is 47.2 Å². The minimum atomic E-state index is -1.02. The van der Waals surface area contributed by atoms with Crippen LogP contribution >= 0.6 is 0 Å². The molecule has 27 heavy (non-hydrogen) atoms. The summed E-state index contributed by atoms with van der Waals surface area (Å²) in [6, 6.07) is 3.80. The molecular formula is C18H25N3O6. The molecule has 1 atom stereocenters. The van der Waals surface area contributed by atoms with Gasteiger partial charge in [-0.05, 0) is 25.8 Å². The van der Waals surface area contributed by atoms with Gasteiger partial charge in [-0.25, -0.2) is 4.79 Å². The monoisotopic (exact) mass is 379 g/mol. The van der Waals surface area contributed by atoms with Gasteiger partial charge in [0, 0.05) is 30.4 Å². The van der Waals surface area contributed by atoms with Crippen LogP contribution < -0.4 is 10.6 Å².